The molecule has 1 aliphatic rings. The normalized spacial score (nSPS) is 20.4. The highest BCUT2D eigenvalue weighted by atomic mass is 16.5. The van der Waals surface area contributed by atoms with Gasteiger partial charge in [0.25, 0.3) is 0 Å². The van der Waals surface area contributed by atoms with Gasteiger partial charge in [-0.25, -0.2) is 0 Å². The van der Waals surface area contributed by atoms with Gasteiger partial charge in [0.1, 0.15) is 0 Å². The van der Waals surface area contributed by atoms with E-state index in [0.717, 1.165) is 0 Å². The number of amides is 1. The van der Waals surface area contributed by atoms with Crippen LogP contribution in [0, 0.1) is 0 Å². The number of hydrogen-bond acceptors (Lipinski definition) is 4. The lowest BCUT2D eigenvalue weighted by Crippen LogP contribution is -2.51. The lowest BCUT2D eigenvalue weighted by atomic mass is 9.95. The molecule has 0 fully saturated rings. The van der Waals surface area contributed by atoms with Crippen molar-refractivity contribution >= 4 is 5.91 Å². The Bertz CT molecular complexity index is 488. The van der Waals surface area contributed by atoms with E-state index < -0.39 is 5.60 Å². The van der Waals surface area contributed by atoms with E-state index in [1.165, 1.54) is 11.1 Å². The molecule has 5 heteroatoms. The molecule has 5 nitrogen and oxygen atoms in total. The predicted molar refractivity (Wildman–Crippen MR) is 80.9 cm³/mol. The highest BCUT2D eigenvalue weighted by Crippen LogP contribution is 2.16. The number of benzene rings is 1. The summed E-state index contributed by atoms with van der Waals surface area (Å²) in [5.41, 5.74) is 1.51. The lowest BCUT2D eigenvalue weighted by Gasteiger charge is -2.28. The van der Waals surface area contributed by atoms with Crippen LogP contribution < -0.4 is 10.6 Å². The number of hydrogen-bond donors (Lipinski definition) is 3. The Balaban J connectivity index is 1.85. The molecule has 1 unspecified atom stereocenters. The number of carbonyl (C=O) groups is 1. The summed E-state index contributed by atoms with van der Waals surface area (Å²) in [5, 5.41) is 16.2. The van der Waals surface area contributed by atoms with Gasteiger partial charge in [0, 0.05) is 33.2 Å². The van der Waals surface area contributed by atoms with Crippen molar-refractivity contribution in [2.75, 3.05) is 20.3 Å². The van der Waals surface area contributed by atoms with Crippen molar-refractivity contribution in [1.82, 2.24) is 10.6 Å². The van der Waals surface area contributed by atoms with Crippen LogP contribution in [0.2, 0.25) is 0 Å². The standard InChI is InChI=1S/C16H24N2O3/c1-16(20,7-8-21-2)11-18-15(19)14-9-12-5-3-4-6-13(12)10-17-14/h3-6,14,17,20H,7-11H2,1-2H3,(H,18,19)/t14-,16?/m1/s1. The van der Waals surface area contributed by atoms with Gasteiger partial charge in [0.05, 0.1) is 11.6 Å². The molecule has 21 heavy (non-hydrogen) atoms. The fourth-order valence-corrected chi connectivity index (χ4v) is 2.45. The lowest BCUT2D eigenvalue weighted by molar-refractivity contribution is -0.124. The SMILES string of the molecule is COCCC(C)(O)CNC(=O)[C@H]1Cc2ccccc2CN1. The molecule has 3 N–H and O–H groups in total. The second-order valence-corrected chi connectivity index (χ2v) is 5.86. The molecule has 116 valence electrons. The van der Waals surface area contributed by atoms with Crippen LogP contribution in [0.5, 0.6) is 0 Å². The molecule has 1 heterocycles. The maximum absolute atomic E-state index is 12.2. The Labute approximate surface area is 125 Å². The Morgan fingerprint density at radius 2 is 2.19 bits per heavy atom. The summed E-state index contributed by atoms with van der Waals surface area (Å²) < 4.78 is 4.95. The Kier molecular flexibility index (Phi) is 5.33. The van der Waals surface area contributed by atoms with E-state index >= 15 is 0 Å². The minimum absolute atomic E-state index is 0.0674. The van der Waals surface area contributed by atoms with Crippen LogP contribution in [0.4, 0.5) is 0 Å². The zero-order valence-corrected chi connectivity index (χ0v) is 12.7. The summed E-state index contributed by atoms with van der Waals surface area (Å²) in [5.74, 6) is -0.0674. The number of ether oxygens (including phenoxy) is 1. The van der Waals surface area contributed by atoms with Crippen molar-refractivity contribution in [2.24, 2.45) is 0 Å². The van der Waals surface area contributed by atoms with E-state index in [9.17, 15) is 9.90 Å². The molecule has 2 atom stereocenters. The maximum Gasteiger partial charge on any atom is 0.237 e. The van der Waals surface area contributed by atoms with Crippen LogP contribution in [0.15, 0.2) is 24.3 Å². The van der Waals surface area contributed by atoms with Gasteiger partial charge in [-0.2, -0.15) is 0 Å². The number of carbonyl (C=O) groups excluding carboxylic acids is 1. The molecular formula is C16H24N2O3. The van der Waals surface area contributed by atoms with Gasteiger partial charge < -0.3 is 20.5 Å². The average Bonchev–Trinajstić information content (AvgIpc) is 2.50. The van der Waals surface area contributed by atoms with E-state index in [2.05, 4.69) is 22.8 Å². The molecule has 0 saturated carbocycles. The van der Waals surface area contributed by atoms with E-state index in [4.69, 9.17) is 4.74 Å². The van der Waals surface area contributed by atoms with Crippen molar-refractivity contribution < 1.29 is 14.6 Å². The fraction of sp³-hybridized carbons (Fsp3) is 0.562. The Morgan fingerprint density at radius 3 is 2.90 bits per heavy atom. The third-order valence-corrected chi connectivity index (χ3v) is 3.89. The molecule has 0 radical (unpaired) electrons. The monoisotopic (exact) mass is 292 g/mol. The first-order valence-electron chi connectivity index (χ1n) is 7.31. The Morgan fingerprint density at radius 1 is 1.48 bits per heavy atom. The highest BCUT2D eigenvalue weighted by Gasteiger charge is 2.26. The minimum atomic E-state index is -0.946. The van der Waals surface area contributed by atoms with Gasteiger partial charge in [-0.05, 0) is 24.5 Å². The molecule has 1 aliphatic heterocycles. The Hall–Kier alpha value is -1.43. The first-order chi connectivity index (χ1) is 10.0. The molecule has 1 aromatic carbocycles. The smallest absolute Gasteiger partial charge is 0.237 e. The van der Waals surface area contributed by atoms with Crippen LogP contribution in [0.1, 0.15) is 24.5 Å². The van der Waals surface area contributed by atoms with Crippen LogP contribution in [0.25, 0.3) is 0 Å². The van der Waals surface area contributed by atoms with E-state index in [-0.39, 0.29) is 18.5 Å². The third-order valence-electron chi connectivity index (χ3n) is 3.89. The fourth-order valence-electron chi connectivity index (χ4n) is 2.45. The van der Waals surface area contributed by atoms with Gasteiger partial charge in [-0.1, -0.05) is 24.3 Å². The van der Waals surface area contributed by atoms with E-state index in [1.54, 1.807) is 14.0 Å². The second-order valence-electron chi connectivity index (χ2n) is 5.86. The number of methoxy groups -OCH3 is 1. The molecular weight excluding hydrogens is 268 g/mol. The molecule has 2 rings (SSSR count). The maximum atomic E-state index is 12.2. The summed E-state index contributed by atoms with van der Waals surface area (Å²) in [6.07, 6.45) is 1.17. The van der Waals surface area contributed by atoms with Crippen molar-refractivity contribution in [3.05, 3.63) is 35.4 Å². The molecule has 0 bridgehead atoms. The molecule has 0 aromatic heterocycles. The van der Waals surface area contributed by atoms with Gasteiger partial charge >= 0.3 is 0 Å². The third kappa shape index (κ3) is 4.52. The zero-order valence-electron chi connectivity index (χ0n) is 12.7. The summed E-state index contributed by atoms with van der Waals surface area (Å²) in [6.45, 7) is 3.11. The number of nitrogens with one attached hydrogen (secondary N) is 2. The topological polar surface area (TPSA) is 70.6 Å². The highest BCUT2D eigenvalue weighted by molar-refractivity contribution is 5.82. The predicted octanol–water partition coefficient (Wildman–Crippen LogP) is 0.605. The first kappa shape index (κ1) is 15.9. The minimum Gasteiger partial charge on any atom is -0.388 e. The van der Waals surface area contributed by atoms with Gasteiger partial charge in [-0.15, -0.1) is 0 Å². The largest absolute Gasteiger partial charge is 0.388 e. The van der Waals surface area contributed by atoms with Crippen molar-refractivity contribution in [3.8, 4) is 0 Å². The van der Waals surface area contributed by atoms with Crippen LogP contribution in [0.3, 0.4) is 0 Å². The van der Waals surface area contributed by atoms with Crippen molar-refractivity contribution in [2.45, 2.75) is 38.0 Å². The van der Waals surface area contributed by atoms with E-state index in [0.29, 0.717) is 26.0 Å². The number of fused-ring (bicyclic) bond motifs is 1. The summed E-state index contributed by atoms with van der Waals surface area (Å²) >= 11 is 0. The molecule has 1 aromatic rings. The number of aliphatic hydroxyl groups is 1. The zero-order chi connectivity index (χ0) is 15.3. The van der Waals surface area contributed by atoms with Crippen LogP contribution >= 0.6 is 0 Å². The van der Waals surface area contributed by atoms with Gasteiger partial charge in [0.15, 0.2) is 0 Å². The second kappa shape index (κ2) is 7.02. The van der Waals surface area contributed by atoms with Crippen molar-refractivity contribution in [3.63, 3.8) is 0 Å². The molecule has 1 amide bonds. The molecule has 0 spiro atoms. The summed E-state index contributed by atoms with van der Waals surface area (Å²) in [4.78, 5) is 12.2. The van der Waals surface area contributed by atoms with E-state index in [1.807, 2.05) is 12.1 Å². The quantitative estimate of drug-likeness (QED) is 0.718. The van der Waals surface area contributed by atoms with Crippen molar-refractivity contribution in [1.29, 1.82) is 0 Å². The first-order valence-corrected chi connectivity index (χ1v) is 7.31. The summed E-state index contributed by atoms with van der Waals surface area (Å²) in [6, 6.07) is 7.90. The van der Waals surface area contributed by atoms with Gasteiger partial charge in [-0.3, -0.25) is 4.79 Å². The number of rotatable bonds is 6. The van der Waals surface area contributed by atoms with Gasteiger partial charge in [0.2, 0.25) is 5.91 Å². The molecule has 0 aliphatic carbocycles. The van der Waals surface area contributed by atoms with Crippen LogP contribution in [-0.2, 0) is 22.5 Å². The molecule has 0 saturated heterocycles. The summed E-state index contributed by atoms with van der Waals surface area (Å²) in [7, 11) is 1.60. The van der Waals surface area contributed by atoms with Crippen LogP contribution in [-0.4, -0.2) is 42.9 Å². The average molecular weight is 292 g/mol.